The van der Waals surface area contributed by atoms with Crippen molar-refractivity contribution in [2.45, 2.75) is 18.4 Å². The highest BCUT2D eigenvalue weighted by Gasteiger charge is 2.20. The molecule has 1 heterocycles. The van der Waals surface area contributed by atoms with Crippen molar-refractivity contribution in [2.24, 2.45) is 5.73 Å². The molecule has 21 heavy (non-hydrogen) atoms. The number of nitrogens with one attached hydrogen (secondary N) is 1. The van der Waals surface area contributed by atoms with Crippen LogP contribution in [0.25, 0.3) is 0 Å². The van der Waals surface area contributed by atoms with E-state index in [1.54, 1.807) is 19.1 Å². The van der Waals surface area contributed by atoms with E-state index in [1.165, 1.54) is 12.4 Å². The van der Waals surface area contributed by atoms with Gasteiger partial charge in [-0.15, -0.1) is 0 Å². The summed E-state index contributed by atoms with van der Waals surface area (Å²) in [5, 5.41) is 0. The molecule has 0 saturated heterocycles. The lowest BCUT2D eigenvalue weighted by Gasteiger charge is -2.13. The van der Waals surface area contributed by atoms with E-state index >= 15 is 0 Å². The number of pyridine rings is 1. The van der Waals surface area contributed by atoms with Crippen LogP contribution in [0.5, 0.6) is 0 Å². The van der Waals surface area contributed by atoms with E-state index in [-0.39, 0.29) is 11.4 Å². The highest BCUT2D eigenvalue weighted by molar-refractivity contribution is 9.11. The van der Waals surface area contributed by atoms with Gasteiger partial charge in [0.1, 0.15) is 0 Å². The Hall–Kier alpha value is -0.960. The van der Waals surface area contributed by atoms with Gasteiger partial charge in [0.25, 0.3) is 10.0 Å². The minimum Gasteiger partial charge on any atom is -0.326 e. The normalized spacial score (nSPS) is 11.4. The molecular weight excluding hydrogens is 422 g/mol. The molecule has 112 valence electrons. The Morgan fingerprint density at radius 2 is 2.00 bits per heavy atom. The molecule has 2 rings (SSSR count). The summed E-state index contributed by atoms with van der Waals surface area (Å²) in [5.41, 5.74) is 7.40. The molecular formula is C13H13Br2N3O2S. The van der Waals surface area contributed by atoms with Crippen molar-refractivity contribution in [3.63, 3.8) is 0 Å². The van der Waals surface area contributed by atoms with Crippen molar-refractivity contribution in [3.05, 3.63) is 50.7 Å². The van der Waals surface area contributed by atoms with Gasteiger partial charge in [-0.1, -0.05) is 15.9 Å². The molecule has 0 unspecified atom stereocenters. The smallest absolute Gasteiger partial charge is 0.262 e. The largest absolute Gasteiger partial charge is 0.326 e. The topological polar surface area (TPSA) is 85.1 Å². The quantitative estimate of drug-likeness (QED) is 0.773. The predicted molar refractivity (Wildman–Crippen MR) is 89.5 cm³/mol. The fourth-order valence-electron chi connectivity index (χ4n) is 1.76. The van der Waals surface area contributed by atoms with Crippen molar-refractivity contribution in [1.29, 1.82) is 0 Å². The summed E-state index contributed by atoms with van der Waals surface area (Å²) in [6.45, 7) is 2.00. The van der Waals surface area contributed by atoms with E-state index in [1.807, 2.05) is 6.07 Å². The lowest BCUT2D eigenvalue weighted by molar-refractivity contribution is 0.600. The van der Waals surface area contributed by atoms with E-state index in [0.29, 0.717) is 20.2 Å². The molecule has 5 nitrogen and oxygen atoms in total. The second kappa shape index (κ2) is 6.43. The molecule has 0 bridgehead atoms. The number of hydrogen-bond acceptors (Lipinski definition) is 4. The standard InChI is InChI=1S/C13H13Br2N3O2S/c1-8-10(14)4-9(6-16)5-13(8)21(19,20)18-12-2-3-17-7-11(12)15/h2-5,7H,6,16H2,1H3,(H,17,18). The Morgan fingerprint density at radius 1 is 1.29 bits per heavy atom. The average Bonchev–Trinajstić information content (AvgIpc) is 2.43. The summed E-state index contributed by atoms with van der Waals surface area (Å²) in [4.78, 5) is 4.10. The van der Waals surface area contributed by atoms with Gasteiger partial charge in [0.05, 0.1) is 15.1 Å². The monoisotopic (exact) mass is 433 g/mol. The average molecular weight is 435 g/mol. The number of hydrogen-bond donors (Lipinski definition) is 2. The van der Waals surface area contributed by atoms with Crippen LogP contribution >= 0.6 is 31.9 Å². The van der Waals surface area contributed by atoms with Crippen LogP contribution in [-0.4, -0.2) is 13.4 Å². The van der Waals surface area contributed by atoms with Crippen LogP contribution in [0.3, 0.4) is 0 Å². The molecule has 1 aromatic carbocycles. The Kier molecular flexibility index (Phi) is 5.03. The van der Waals surface area contributed by atoms with Crippen LogP contribution in [-0.2, 0) is 16.6 Å². The molecule has 2 aromatic rings. The van der Waals surface area contributed by atoms with Gasteiger partial charge in [0.15, 0.2) is 0 Å². The first-order chi connectivity index (χ1) is 9.85. The second-order valence-corrected chi connectivity index (χ2v) is 7.73. The molecule has 0 aliphatic rings. The zero-order chi connectivity index (χ0) is 15.6. The van der Waals surface area contributed by atoms with Gasteiger partial charge >= 0.3 is 0 Å². The van der Waals surface area contributed by atoms with E-state index in [0.717, 1.165) is 5.56 Å². The summed E-state index contributed by atoms with van der Waals surface area (Å²) in [7, 11) is -3.71. The first-order valence-corrected chi connectivity index (χ1v) is 9.03. The molecule has 0 aliphatic heterocycles. The molecule has 3 N–H and O–H groups in total. The van der Waals surface area contributed by atoms with Crippen molar-refractivity contribution in [1.82, 2.24) is 4.98 Å². The Morgan fingerprint density at radius 3 is 2.62 bits per heavy atom. The van der Waals surface area contributed by atoms with Gasteiger partial charge in [0.2, 0.25) is 0 Å². The first-order valence-electron chi connectivity index (χ1n) is 5.96. The van der Waals surface area contributed by atoms with E-state index in [4.69, 9.17) is 5.73 Å². The SMILES string of the molecule is Cc1c(Br)cc(CN)cc1S(=O)(=O)Nc1ccncc1Br. The number of nitrogens with two attached hydrogens (primary N) is 1. The highest BCUT2D eigenvalue weighted by atomic mass is 79.9. The summed E-state index contributed by atoms with van der Waals surface area (Å²) in [5.74, 6) is 0. The van der Waals surface area contributed by atoms with E-state index in [9.17, 15) is 8.42 Å². The van der Waals surface area contributed by atoms with Crippen LogP contribution in [0.4, 0.5) is 5.69 Å². The van der Waals surface area contributed by atoms with Crippen LogP contribution in [0.2, 0.25) is 0 Å². The Labute approximate surface area is 140 Å². The van der Waals surface area contributed by atoms with Crippen molar-refractivity contribution >= 4 is 47.6 Å². The minimum absolute atomic E-state index is 0.195. The predicted octanol–water partition coefficient (Wildman–Crippen LogP) is 3.17. The van der Waals surface area contributed by atoms with Gasteiger partial charge in [0, 0.05) is 23.4 Å². The zero-order valence-corrected chi connectivity index (χ0v) is 15.1. The van der Waals surface area contributed by atoms with Crippen LogP contribution in [0.15, 0.2) is 44.4 Å². The third-order valence-corrected chi connectivity index (χ3v) is 5.85. The fraction of sp³-hybridized carbons (Fsp3) is 0.154. The minimum atomic E-state index is -3.71. The number of halogens is 2. The molecule has 1 aromatic heterocycles. The van der Waals surface area contributed by atoms with Crippen LogP contribution < -0.4 is 10.5 Å². The lowest BCUT2D eigenvalue weighted by Crippen LogP contribution is -2.15. The molecule has 0 fully saturated rings. The molecule has 8 heteroatoms. The van der Waals surface area contributed by atoms with Gasteiger partial charge < -0.3 is 5.73 Å². The number of nitrogens with zero attached hydrogens (tertiary/aromatic N) is 1. The Bertz CT molecular complexity index is 779. The number of rotatable bonds is 4. The molecule has 0 aliphatic carbocycles. The maximum absolute atomic E-state index is 12.6. The molecule has 0 amide bonds. The third-order valence-electron chi connectivity index (χ3n) is 2.90. The Balaban J connectivity index is 2.50. The molecule has 0 spiro atoms. The highest BCUT2D eigenvalue weighted by Crippen LogP contribution is 2.29. The van der Waals surface area contributed by atoms with E-state index in [2.05, 4.69) is 41.6 Å². The van der Waals surface area contributed by atoms with Crippen LogP contribution in [0, 0.1) is 6.92 Å². The number of benzene rings is 1. The van der Waals surface area contributed by atoms with Crippen molar-refractivity contribution < 1.29 is 8.42 Å². The number of aromatic nitrogens is 1. The van der Waals surface area contributed by atoms with Gasteiger partial charge in [-0.2, -0.15) is 0 Å². The molecule has 0 saturated carbocycles. The lowest BCUT2D eigenvalue weighted by atomic mass is 10.1. The fourth-order valence-corrected chi connectivity index (χ4v) is 4.28. The number of anilines is 1. The maximum atomic E-state index is 12.6. The summed E-state index contributed by atoms with van der Waals surface area (Å²) in [6.07, 6.45) is 3.04. The summed E-state index contributed by atoms with van der Waals surface area (Å²) >= 11 is 6.63. The summed E-state index contributed by atoms with van der Waals surface area (Å²) < 4.78 is 29.0. The van der Waals surface area contributed by atoms with Gasteiger partial charge in [-0.3, -0.25) is 9.71 Å². The number of sulfonamides is 1. The third kappa shape index (κ3) is 3.63. The first kappa shape index (κ1) is 16.4. The summed E-state index contributed by atoms with van der Waals surface area (Å²) in [6, 6.07) is 4.98. The second-order valence-electron chi connectivity index (χ2n) is 4.37. The molecule has 0 atom stereocenters. The molecule has 0 radical (unpaired) electrons. The van der Waals surface area contributed by atoms with Crippen molar-refractivity contribution in [2.75, 3.05) is 4.72 Å². The van der Waals surface area contributed by atoms with E-state index < -0.39 is 10.0 Å². The van der Waals surface area contributed by atoms with Gasteiger partial charge in [-0.05, 0) is 52.2 Å². The zero-order valence-electron chi connectivity index (χ0n) is 11.1. The van der Waals surface area contributed by atoms with Gasteiger partial charge in [-0.25, -0.2) is 8.42 Å². The van der Waals surface area contributed by atoms with Crippen molar-refractivity contribution in [3.8, 4) is 0 Å². The van der Waals surface area contributed by atoms with Crippen LogP contribution in [0.1, 0.15) is 11.1 Å². The maximum Gasteiger partial charge on any atom is 0.262 e.